The molecule has 0 aliphatic heterocycles. The molecule has 0 spiro atoms. The summed E-state index contributed by atoms with van der Waals surface area (Å²) in [5.74, 6) is 1.32. The Kier molecular flexibility index (Phi) is 4.52. The molecule has 7 nitrogen and oxygen atoms in total. The van der Waals surface area contributed by atoms with E-state index in [9.17, 15) is 0 Å². The van der Waals surface area contributed by atoms with Crippen LogP contribution in [0.3, 0.4) is 0 Å². The molecule has 2 aromatic rings. The van der Waals surface area contributed by atoms with Crippen molar-refractivity contribution in [3.05, 3.63) is 18.2 Å². The largest absolute Gasteiger partial charge is 0.495 e. The van der Waals surface area contributed by atoms with E-state index < -0.39 is 0 Å². The molecule has 0 aliphatic carbocycles. The van der Waals surface area contributed by atoms with E-state index >= 15 is 0 Å². The van der Waals surface area contributed by atoms with Crippen LogP contribution in [0.2, 0.25) is 0 Å². The van der Waals surface area contributed by atoms with E-state index in [1.165, 1.54) is 0 Å². The molecule has 0 fully saturated rings. The van der Waals surface area contributed by atoms with Gasteiger partial charge in [-0.05, 0) is 42.0 Å². The molecule has 1 unspecified atom stereocenters. The van der Waals surface area contributed by atoms with Gasteiger partial charge in [-0.2, -0.15) is 0 Å². The summed E-state index contributed by atoms with van der Waals surface area (Å²) >= 11 is 0. The first-order chi connectivity index (χ1) is 9.67. The highest BCUT2D eigenvalue weighted by atomic mass is 16.5. The molecule has 20 heavy (non-hydrogen) atoms. The zero-order valence-electron chi connectivity index (χ0n) is 11.9. The topological polar surface area (TPSA) is 88.1 Å². The van der Waals surface area contributed by atoms with E-state index in [1.54, 1.807) is 18.9 Å². The van der Waals surface area contributed by atoms with Crippen molar-refractivity contribution >= 4 is 5.69 Å². The van der Waals surface area contributed by atoms with E-state index in [-0.39, 0.29) is 6.04 Å². The number of hydrogen-bond donors (Lipinski definition) is 1. The summed E-state index contributed by atoms with van der Waals surface area (Å²) in [6, 6.07) is 5.65. The van der Waals surface area contributed by atoms with Crippen LogP contribution in [-0.2, 0) is 4.74 Å². The number of nitrogens with zero attached hydrogens (tertiary/aromatic N) is 4. The monoisotopic (exact) mass is 277 g/mol. The normalized spacial score (nSPS) is 12.3. The van der Waals surface area contributed by atoms with E-state index in [0.29, 0.717) is 23.9 Å². The quantitative estimate of drug-likeness (QED) is 0.805. The van der Waals surface area contributed by atoms with Crippen molar-refractivity contribution in [3.63, 3.8) is 0 Å². The fourth-order valence-corrected chi connectivity index (χ4v) is 1.96. The summed E-state index contributed by atoms with van der Waals surface area (Å²) in [5, 5.41) is 11.9. The number of aromatic nitrogens is 4. The first kappa shape index (κ1) is 14.3. The molecule has 0 saturated carbocycles. The number of methoxy groups -OCH3 is 2. The first-order valence-corrected chi connectivity index (χ1v) is 6.38. The van der Waals surface area contributed by atoms with Gasteiger partial charge in [0.15, 0.2) is 5.82 Å². The van der Waals surface area contributed by atoms with Gasteiger partial charge in [0.2, 0.25) is 0 Å². The van der Waals surface area contributed by atoms with Gasteiger partial charge in [-0.1, -0.05) is 0 Å². The Hall–Kier alpha value is -2.15. The fourth-order valence-electron chi connectivity index (χ4n) is 1.96. The van der Waals surface area contributed by atoms with Crippen LogP contribution in [0.4, 0.5) is 5.69 Å². The molecular formula is C13H19N5O2. The average Bonchev–Trinajstić information content (AvgIpc) is 2.94. The molecule has 7 heteroatoms. The van der Waals surface area contributed by atoms with Crippen LogP contribution in [0, 0.1) is 0 Å². The Morgan fingerprint density at radius 1 is 1.35 bits per heavy atom. The summed E-state index contributed by atoms with van der Waals surface area (Å²) in [7, 11) is 3.26. The molecule has 0 amide bonds. The molecule has 1 aromatic heterocycles. The summed E-state index contributed by atoms with van der Waals surface area (Å²) in [6.45, 7) is 2.71. The van der Waals surface area contributed by atoms with Gasteiger partial charge in [0.05, 0.1) is 18.8 Å². The van der Waals surface area contributed by atoms with Crippen molar-refractivity contribution < 1.29 is 9.47 Å². The minimum atomic E-state index is 0.142. The number of tetrazole rings is 1. The lowest BCUT2D eigenvalue weighted by Gasteiger charge is -2.13. The van der Waals surface area contributed by atoms with E-state index in [1.807, 2.05) is 25.1 Å². The summed E-state index contributed by atoms with van der Waals surface area (Å²) in [6.07, 6.45) is 0.834. The standard InChI is InChI=1S/C13H19N5O2/c1-9(6-7-19-2)18-13(15-16-17-18)10-4-5-12(20-3)11(14)8-10/h4-5,8-9H,6-7,14H2,1-3H3. The van der Waals surface area contributed by atoms with Crippen LogP contribution in [0.5, 0.6) is 5.75 Å². The second-order valence-electron chi connectivity index (χ2n) is 4.53. The summed E-state index contributed by atoms with van der Waals surface area (Å²) in [4.78, 5) is 0. The van der Waals surface area contributed by atoms with Crippen molar-refractivity contribution in [2.24, 2.45) is 0 Å². The van der Waals surface area contributed by atoms with Gasteiger partial charge < -0.3 is 15.2 Å². The van der Waals surface area contributed by atoms with E-state index in [2.05, 4.69) is 15.5 Å². The maximum absolute atomic E-state index is 5.92. The number of nitrogen functional groups attached to an aromatic ring is 1. The van der Waals surface area contributed by atoms with E-state index in [4.69, 9.17) is 15.2 Å². The van der Waals surface area contributed by atoms with Crippen LogP contribution < -0.4 is 10.5 Å². The number of hydrogen-bond acceptors (Lipinski definition) is 6. The predicted octanol–water partition coefficient (Wildman–Crippen LogP) is 1.53. The molecule has 2 N–H and O–H groups in total. The van der Waals surface area contributed by atoms with Crippen molar-refractivity contribution in [2.45, 2.75) is 19.4 Å². The van der Waals surface area contributed by atoms with Gasteiger partial charge in [0, 0.05) is 19.3 Å². The minimum Gasteiger partial charge on any atom is -0.495 e. The van der Waals surface area contributed by atoms with Crippen LogP contribution in [0.25, 0.3) is 11.4 Å². The maximum Gasteiger partial charge on any atom is 0.182 e. The minimum absolute atomic E-state index is 0.142. The van der Waals surface area contributed by atoms with Crippen LogP contribution in [0.1, 0.15) is 19.4 Å². The number of rotatable bonds is 6. The third-order valence-electron chi connectivity index (χ3n) is 3.14. The fraction of sp³-hybridized carbons (Fsp3) is 0.462. The Labute approximate surface area is 117 Å². The van der Waals surface area contributed by atoms with Crippen LogP contribution in [-0.4, -0.2) is 41.0 Å². The average molecular weight is 277 g/mol. The second kappa shape index (κ2) is 6.33. The van der Waals surface area contributed by atoms with Crippen molar-refractivity contribution in [3.8, 4) is 17.1 Å². The Bertz CT molecular complexity index is 570. The number of anilines is 1. The Morgan fingerprint density at radius 3 is 2.80 bits per heavy atom. The zero-order valence-corrected chi connectivity index (χ0v) is 11.9. The van der Waals surface area contributed by atoms with Gasteiger partial charge in [0.1, 0.15) is 5.75 Å². The first-order valence-electron chi connectivity index (χ1n) is 6.38. The maximum atomic E-state index is 5.92. The van der Waals surface area contributed by atoms with Gasteiger partial charge >= 0.3 is 0 Å². The van der Waals surface area contributed by atoms with Crippen LogP contribution in [0.15, 0.2) is 18.2 Å². The van der Waals surface area contributed by atoms with Crippen molar-refractivity contribution in [1.29, 1.82) is 0 Å². The molecule has 1 atom stereocenters. The van der Waals surface area contributed by atoms with E-state index in [0.717, 1.165) is 12.0 Å². The molecule has 0 radical (unpaired) electrons. The van der Waals surface area contributed by atoms with Crippen LogP contribution >= 0.6 is 0 Å². The highest BCUT2D eigenvalue weighted by Gasteiger charge is 2.15. The summed E-state index contributed by atoms with van der Waals surface area (Å²) < 4.78 is 12.0. The van der Waals surface area contributed by atoms with Crippen molar-refractivity contribution in [2.75, 3.05) is 26.6 Å². The van der Waals surface area contributed by atoms with Gasteiger partial charge in [-0.25, -0.2) is 4.68 Å². The Morgan fingerprint density at radius 2 is 2.15 bits per heavy atom. The van der Waals surface area contributed by atoms with Crippen molar-refractivity contribution in [1.82, 2.24) is 20.2 Å². The molecule has 108 valence electrons. The number of ether oxygens (including phenoxy) is 2. The molecule has 1 aromatic carbocycles. The lowest BCUT2D eigenvalue weighted by atomic mass is 10.1. The zero-order chi connectivity index (χ0) is 14.5. The molecular weight excluding hydrogens is 258 g/mol. The number of nitrogens with two attached hydrogens (primary N) is 1. The predicted molar refractivity (Wildman–Crippen MR) is 75.4 cm³/mol. The molecule has 2 rings (SSSR count). The van der Waals surface area contributed by atoms with Gasteiger partial charge in [0.25, 0.3) is 0 Å². The third kappa shape index (κ3) is 2.88. The highest BCUT2D eigenvalue weighted by molar-refractivity contribution is 5.66. The second-order valence-corrected chi connectivity index (χ2v) is 4.53. The lowest BCUT2D eigenvalue weighted by molar-refractivity contribution is 0.178. The van der Waals surface area contributed by atoms with Gasteiger partial charge in [-0.15, -0.1) is 5.10 Å². The molecule has 0 saturated heterocycles. The Balaban J connectivity index is 2.29. The smallest absolute Gasteiger partial charge is 0.182 e. The molecule has 0 bridgehead atoms. The molecule has 1 heterocycles. The SMILES string of the molecule is COCCC(C)n1nnnc1-c1ccc(OC)c(N)c1. The molecule has 0 aliphatic rings. The van der Waals surface area contributed by atoms with Gasteiger partial charge in [-0.3, -0.25) is 0 Å². The lowest BCUT2D eigenvalue weighted by Crippen LogP contribution is -2.11. The number of benzene rings is 1. The third-order valence-corrected chi connectivity index (χ3v) is 3.14. The highest BCUT2D eigenvalue weighted by Crippen LogP contribution is 2.28. The summed E-state index contributed by atoms with van der Waals surface area (Å²) in [5.41, 5.74) is 7.34.